The van der Waals surface area contributed by atoms with E-state index in [9.17, 15) is 4.39 Å². The van der Waals surface area contributed by atoms with Crippen LogP contribution in [0.2, 0.25) is 0 Å². The molecule has 0 amide bonds. The van der Waals surface area contributed by atoms with Crippen LogP contribution in [-0.2, 0) is 0 Å². The number of rotatable bonds is 8. The Morgan fingerprint density at radius 1 is 1.05 bits per heavy atom. The van der Waals surface area contributed by atoms with Crippen LogP contribution in [-0.4, -0.2) is 24.3 Å². The van der Waals surface area contributed by atoms with E-state index < -0.39 is 0 Å². The molecular weight excluding hydrogens is 241 g/mol. The van der Waals surface area contributed by atoms with Crippen molar-refractivity contribution in [2.24, 2.45) is 0 Å². The quantitative estimate of drug-likeness (QED) is 0.707. The first-order valence-corrected chi connectivity index (χ1v) is 7.39. The molecule has 0 aromatic heterocycles. The zero-order chi connectivity index (χ0) is 13.5. The van der Waals surface area contributed by atoms with Gasteiger partial charge in [0.15, 0.2) is 0 Å². The number of unbranched alkanes of at least 4 members (excludes halogenated alkanes) is 3. The Morgan fingerprint density at radius 2 is 1.74 bits per heavy atom. The number of nitrogens with one attached hydrogen (secondary N) is 1. The normalized spacial score (nSPS) is 22.2. The van der Waals surface area contributed by atoms with E-state index in [0.717, 1.165) is 19.4 Å². The van der Waals surface area contributed by atoms with Crippen molar-refractivity contribution in [3.05, 3.63) is 35.6 Å². The highest BCUT2D eigenvalue weighted by atomic mass is 19.1. The van der Waals surface area contributed by atoms with Crippen LogP contribution in [0.15, 0.2) is 24.3 Å². The maximum absolute atomic E-state index is 12.8. The molecule has 1 saturated carbocycles. The van der Waals surface area contributed by atoms with Crippen molar-refractivity contribution in [2.75, 3.05) is 13.2 Å². The highest BCUT2D eigenvalue weighted by Crippen LogP contribution is 2.36. The predicted octanol–water partition coefficient (Wildman–Crippen LogP) is 3.21. The summed E-state index contributed by atoms with van der Waals surface area (Å²) in [7, 11) is 0. The van der Waals surface area contributed by atoms with E-state index in [4.69, 9.17) is 5.11 Å². The third kappa shape index (κ3) is 4.59. The van der Waals surface area contributed by atoms with Gasteiger partial charge in [0, 0.05) is 12.6 Å². The molecule has 1 aliphatic rings. The van der Waals surface area contributed by atoms with Crippen molar-refractivity contribution in [1.29, 1.82) is 0 Å². The van der Waals surface area contributed by atoms with Gasteiger partial charge in [0.25, 0.3) is 0 Å². The molecule has 3 heteroatoms. The van der Waals surface area contributed by atoms with Gasteiger partial charge < -0.3 is 10.4 Å². The SMILES string of the molecule is OCCCCCCNC1CC(c2ccc(F)cc2)C1. The Bertz CT molecular complexity index is 360. The Kier molecular flexibility index (Phi) is 5.80. The summed E-state index contributed by atoms with van der Waals surface area (Å²) in [4.78, 5) is 0. The van der Waals surface area contributed by atoms with Crippen LogP contribution in [0, 0.1) is 5.82 Å². The molecule has 1 aromatic carbocycles. The van der Waals surface area contributed by atoms with Gasteiger partial charge in [-0.1, -0.05) is 25.0 Å². The van der Waals surface area contributed by atoms with Gasteiger partial charge in [-0.2, -0.15) is 0 Å². The molecule has 19 heavy (non-hydrogen) atoms. The lowest BCUT2D eigenvalue weighted by Crippen LogP contribution is -2.40. The highest BCUT2D eigenvalue weighted by Gasteiger charge is 2.29. The van der Waals surface area contributed by atoms with Crippen molar-refractivity contribution in [2.45, 2.75) is 50.5 Å². The number of halogens is 1. The zero-order valence-corrected chi connectivity index (χ0v) is 11.4. The van der Waals surface area contributed by atoms with Crippen LogP contribution in [0.1, 0.15) is 50.0 Å². The molecular formula is C16H24FNO. The van der Waals surface area contributed by atoms with E-state index in [1.165, 1.54) is 31.2 Å². The lowest BCUT2D eigenvalue weighted by Gasteiger charge is -2.36. The molecule has 0 unspecified atom stereocenters. The number of hydrogen-bond acceptors (Lipinski definition) is 2. The summed E-state index contributed by atoms with van der Waals surface area (Å²) in [5, 5.41) is 12.2. The molecule has 0 bridgehead atoms. The smallest absolute Gasteiger partial charge is 0.123 e. The third-order valence-electron chi connectivity index (χ3n) is 4.00. The Hall–Kier alpha value is -0.930. The van der Waals surface area contributed by atoms with Crippen LogP contribution < -0.4 is 5.32 Å². The minimum absolute atomic E-state index is 0.152. The molecule has 0 aliphatic heterocycles. The minimum Gasteiger partial charge on any atom is -0.396 e. The topological polar surface area (TPSA) is 32.3 Å². The van der Waals surface area contributed by atoms with Crippen molar-refractivity contribution < 1.29 is 9.50 Å². The van der Waals surface area contributed by atoms with E-state index in [-0.39, 0.29) is 5.82 Å². The third-order valence-corrected chi connectivity index (χ3v) is 4.00. The fourth-order valence-electron chi connectivity index (χ4n) is 2.69. The Balaban J connectivity index is 1.55. The number of aliphatic hydroxyl groups is 1. The summed E-state index contributed by atoms with van der Waals surface area (Å²) in [6.07, 6.45) is 6.78. The van der Waals surface area contributed by atoms with Crippen molar-refractivity contribution in [1.82, 2.24) is 5.32 Å². The lowest BCUT2D eigenvalue weighted by molar-refractivity contribution is 0.277. The second kappa shape index (κ2) is 7.61. The molecule has 106 valence electrons. The largest absolute Gasteiger partial charge is 0.396 e. The van der Waals surface area contributed by atoms with Gasteiger partial charge in [-0.25, -0.2) is 4.39 Å². The first-order valence-electron chi connectivity index (χ1n) is 7.39. The molecule has 1 aliphatic carbocycles. The van der Waals surface area contributed by atoms with E-state index >= 15 is 0 Å². The van der Waals surface area contributed by atoms with Gasteiger partial charge in [0.05, 0.1) is 0 Å². The minimum atomic E-state index is -0.152. The van der Waals surface area contributed by atoms with E-state index in [1.807, 2.05) is 12.1 Å². The Labute approximate surface area is 115 Å². The highest BCUT2D eigenvalue weighted by molar-refractivity contribution is 5.23. The number of aliphatic hydroxyl groups excluding tert-OH is 1. The molecule has 0 saturated heterocycles. The van der Waals surface area contributed by atoms with Crippen LogP contribution >= 0.6 is 0 Å². The van der Waals surface area contributed by atoms with E-state index in [2.05, 4.69) is 5.32 Å². The van der Waals surface area contributed by atoms with Gasteiger partial charge in [-0.15, -0.1) is 0 Å². The fraction of sp³-hybridized carbons (Fsp3) is 0.625. The van der Waals surface area contributed by atoms with Crippen molar-refractivity contribution in [3.8, 4) is 0 Å². The summed E-state index contributed by atoms with van der Waals surface area (Å²) < 4.78 is 12.8. The molecule has 0 spiro atoms. The van der Waals surface area contributed by atoms with Crippen LogP contribution in [0.25, 0.3) is 0 Å². The van der Waals surface area contributed by atoms with E-state index in [1.54, 1.807) is 12.1 Å². The summed E-state index contributed by atoms with van der Waals surface area (Å²) in [5.74, 6) is 0.452. The molecule has 2 N–H and O–H groups in total. The molecule has 1 fully saturated rings. The summed E-state index contributed by atoms with van der Waals surface area (Å²) in [6.45, 7) is 1.39. The van der Waals surface area contributed by atoms with Gasteiger partial charge in [-0.3, -0.25) is 0 Å². The van der Waals surface area contributed by atoms with Gasteiger partial charge in [-0.05, 0) is 55.8 Å². The van der Waals surface area contributed by atoms with Gasteiger partial charge in [0.1, 0.15) is 5.82 Å². The molecule has 0 radical (unpaired) electrons. The predicted molar refractivity (Wildman–Crippen MR) is 75.7 cm³/mol. The first-order chi connectivity index (χ1) is 9.29. The van der Waals surface area contributed by atoms with Crippen molar-refractivity contribution >= 4 is 0 Å². The fourth-order valence-corrected chi connectivity index (χ4v) is 2.69. The second-order valence-corrected chi connectivity index (χ2v) is 5.51. The summed E-state index contributed by atoms with van der Waals surface area (Å²) in [5.41, 5.74) is 1.27. The second-order valence-electron chi connectivity index (χ2n) is 5.51. The van der Waals surface area contributed by atoms with Crippen molar-refractivity contribution in [3.63, 3.8) is 0 Å². The summed E-state index contributed by atoms with van der Waals surface area (Å²) >= 11 is 0. The Morgan fingerprint density at radius 3 is 2.42 bits per heavy atom. The average Bonchev–Trinajstić information content (AvgIpc) is 2.37. The molecule has 0 heterocycles. The van der Waals surface area contributed by atoms with Gasteiger partial charge >= 0.3 is 0 Å². The molecule has 2 nitrogen and oxygen atoms in total. The zero-order valence-electron chi connectivity index (χ0n) is 11.4. The van der Waals surface area contributed by atoms with E-state index in [0.29, 0.717) is 18.6 Å². The van der Waals surface area contributed by atoms with Crippen LogP contribution in [0.5, 0.6) is 0 Å². The lowest BCUT2D eigenvalue weighted by atomic mass is 9.76. The number of hydrogen-bond donors (Lipinski definition) is 2. The summed E-state index contributed by atoms with van der Waals surface area (Å²) in [6, 6.07) is 7.55. The molecule has 1 aromatic rings. The maximum Gasteiger partial charge on any atom is 0.123 e. The average molecular weight is 265 g/mol. The molecule has 2 rings (SSSR count). The monoisotopic (exact) mass is 265 g/mol. The molecule has 0 atom stereocenters. The number of benzene rings is 1. The first kappa shape index (κ1) is 14.5. The maximum atomic E-state index is 12.8. The standard InChI is InChI=1S/C16H24FNO/c17-15-7-5-13(6-8-15)14-11-16(12-14)18-9-3-1-2-4-10-19/h5-8,14,16,18-19H,1-4,9-12H2. The van der Waals surface area contributed by atoms with Gasteiger partial charge in [0.2, 0.25) is 0 Å². The van der Waals surface area contributed by atoms with Crippen LogP contribution in [0.3, 0.4) is 0 Å². The van der Waals surface area contributed by atoms with Crippen LogP contribution in [0.4, 0.5) is 4.39 Å².